The Morgan fingerprint density at radius 1 is 1.34 bits per heavy atom. The summed E-state index contributed by atoms with van der Waals surface area (Å²) in [5, 5.41) is 15.4. The Bertz CT molecular complexity index is 1240. The minimum Gasteiger partial charge on any atom is -0.465 e. The maximum Gasteiger partial charge on any atom is 0.341 e. The molecular weight excluding hydrogens is 501 g/mol. The molecule has 1 amide bonds. The maximum absolute atomic E-state index is 13.0. The van der Waals surface area contributed by atoms with Crippen LogP contribution in [-0.4, -0.2) is 39.5 Å². The van der Waals surface area contributed by atoms with Gasteiger partial charge in [-0.2, -0.15) is 0 Å². The van der Waals surface area contributed by atoms with Crippen LogP contribution in [0, 0.1) is 12.8 Å². The van der Waals surface area contributed by atoms with Crippen LogP contribution in [0.25, 0.3) is 11.4 Å². The van der Waals surface area contributed by atoms with Crippen molar-refractivity contribution in [2.45, 2.75) is 71.5 Å². The molecule has 188 valence electrons. The fourth-order valence-electron chi connectivity index (χ4n) is 4.58. The van der Waals surface area contributed by atoms with Crippen molar-refractivity contribution < 1.29 is 14.3 Å². The summed E-state index contributed by atoms with van der Waals surface area (Å²) in [7, 11) is 1.38. The number of aromatic nitrogens is 3. The van der Waals surface area contributed by atoms with Crippen LogP contribution < -0.4 is 5.32 Å². The summed E-state index contributed by atoms with van der Waals surface area (Å²) in [6, 6.07) is 0.146. The standard InChI is InChI=1S/C25H32N4O3S3/c1-7-16-15(5)33-11-18(16)22-27-28-25(29(22)13(2)3)34-12-20(30)26-23-21(24(31)32-6)17-9-8-14(4)10-19(17)35-23/h11,13-14H,7-10,12H2,1-6H3,(H,26,30). The van der Waals surface area contributed by atoms with Gasteiger partial charge < -0.3 is 10.1 Å². The van der Waals surface area contributed by atoms with Crippen LogP contribution in [0.2, 0.25) is 0 Å². The molecule has 0 saturated carbocycles. The number of aryl methyl sites for hydroxylation is 1. The summed E-state index contributed by atoms with van der Waals surface area (Å²) >= 11 is 4.59. The summed E-state index contributed by atoms with van der Waals surface area (Å²) in [6.45, 7) is 10.7. The number of fused-ring (bicyclic) bond motifs is 1. The van der Waals surface area contributed by atoms with Crippen molar-refractivity contribution >= 4 is 51.3 Å². The second-order valence-corrected chi connectivity index (χ2v) is 12.3. The molecule has 10 heteroatoms. The molecule has 0 aromatic carbocycles. The van der Waals surface area contributed by atoms with Gasteiger partial charge in [0.2, 0.25) is 5.91 Å². The van der Waals surface area contributed by atoms with Crippen LogP contribution in [0.5, 0.6) is 0 Å². The molecule has 3 aromatic rings. The van der Waals surface area contributed by atoms with Crippen LogP contribution in [0.4, 0.5) is 5.00 Å². The van der Waals surface area contributed by atoms with E-state index in [4.69, 9.17) is 4.74 Å². The Hall–Kier alpha value is -2.17. The first-order chi connectivity index (χ1) is 16.7. The monoisotopic (exact) mass is 532 g/mol. The lowest BCUT2D eigenvalue weighted by Gasteiger charge is -2.18. The fourth-order valence-corrected chi connectivity index (χ4v) is 7.80. The molecular formula is C25H32N4O3S3. The maximum atomic E-state index is 13.0. The van der Waals surface area contributed by atoms with Gasteiger partial charge in [-0.3, -0.25) is 9.36 Å². The summed E-state index contributed by atoms with van der Waals surface area (Å²) in [5.74, 6) is 1.03. The van der Waals surface area contributed by atoms with E-state index in [1.807, 2.05) is 0 Å². The SMILES string of the molecule is CCc1c(-c2nnc(SCC(=O)Nc3sc4c(c3C(=O)OC)CCC(C)C4)n2C(C)C)csc1C. The lowest BCUT2D eigenvalue weighted by Crippen LogP contribution is -2.17. The third-order valence-corrected chi connectivity index (χ3v) is 9.43. The molecule has 35 heavy (non-hydrogen) atoms. The number of ether oxygens (including phenoxy) is 1. The summed E-state index contributed by atoms with van der Waals surface area (Å²) in [4.78, 5) is 28.0. The number of thiophene rings is 2. The molecule has 1 N–H and O–H groups in total. The number of hydrogen-bond acceptors (Lipinski definition) is 8. The molecule has 1 unspecified atom stereocenters. The van der Waals surface area contributed by atoms with Gasteiger partial charge in [-0.15, -0.1) is 32.9 Å². The zero-order valence-corrected chi connectivity index (χ0v) is 23.5. The Balaban J connectivity index is 1.53. The third kappa shape index (κ3) is 5.20. The quantitative estimate of drug-likeness (QED) is 0.276. The van der Waals surface area contributed by atoms with E-state index in [1.54, 1.807) is 11.3 Å². The van der Waals surface area contributed by atoms with E-state index in [0.717, 1.165) is 42.6 Å². The molecule has 3 heterocycles. The van der Waals surface area contributed by atoms with Crippen LogP contribution in [0.15, 0.2) is 10.5 Å². The van der Waals surface area contributed by atoms with Crippen LogP contribution in [-0.2, 0) is 28.8 Å². The second-order valence-electron chi connectivity index (χ2n) is 9.19. The molecule has 1 atom stereocenters. The molecule has 3 aromatic heterocycles. The average molecular weight is 533 g/mol. The number of hydrogen-bond donors (Lipinski definition) is 1. The molecule has 1 aliphatic carbocycles. The summed E-state index contributed by atoms with van der Waals surface area (Å²) < 4.78 is 7.14. The highest BCUT2D eigenvalue weighted by Gasteiger charge is 2.29. The minimum absolute atomic E-state index is 0.146. The first kappa shape index (κ1) is 25.9. The molecule has 4 rings (SSSR count). The number of amides is 1. The lowest BCUT2D eigenvalue weighted by atomic mass is 9.88. The number of methoxy groups -OCH3 is 1. The number of thioether (sulfide) groups is 1. The zero-order chi connectivity index (χ0) is 25.3. The molecule has 0 saturated heterocycles. The number of carbonyl (C=O) groups excluding carboxylic acids is 2. The van der Waals surface area contributed by atoms with Crippen molar-refractivity contribution in [2.75, 3.05) is 18.2 Å². The second kappa shape index (κ2) is 10.8. The molecule has 1 aliphatic rings. The summed E-state index contributed by atoms with van der Waals surface area (Å²) in [5.41, 5.74) is 3.97. The van der Waals surface area contributed by atoms with E-state index in [1.165, 1.54) is 45.5 Å². The van der Waals surface area contributed by atoms with Crippen molar-refractivity contribution in [2.24, 2.45) is 5.92 Å². The van der Waals surface area contributed by atoms with Crippen molar-refractivity contribution in [3.05, 3.63) is 31.8 Å². The molecule has 0 fully saturated rings. The van der Waals surface area contributed by atoms with Gasteiger partial charge in [0.05, 0.1) is 18.4 Å². The highest BCUT2D eigenvalue weighted by atomic mass is 32.2. The van der Waals surface area contributed by atoms with Gasteiger partial charge in [-0.1, -0.05) is 25.6 Å². The number of carbonyl (C=O) groups is 2. The van der Waals surface area contributed by atoms with Crippen molar-refractivity contribution in [1.82, 2.24) is 14.8 Å². The van der Waals surface area contributed by atoms with E-state index in [0.29, 0.717) is 21.6 Å². The largest absolute Gasteiger partial charge is 0.465 e. The van der Waals surface area contributed by atoms with Gasteiger partial charge in [-0.05, 0) is 63.5 Å². The Morgan fingerprint density at radius 2 is 2.11 bits per heavy atom. The first-order valence-electron chi connectivity index (χ1n) is 11.9. The molecule has 0 radical (unpaired) electrons. The fraction of sp³-hybridized carbons (Fsp3) is 0.520. The predicted octanol–water partition coefficient (Wildman–Crippen LogP) is 6.16. The molecule has 0 bridgehead atoms. The van der Waals surface area contributed by atoms with Gasteiger partial charge in [0.1, 0.15) is 5.00 Å². The normalized spacial score (nSPS) is 15.3. The Labute approximate surface area is 218 Å². The number of esters is 1. The van der Waals surface area contributed by atoms with E-state index < -0.39 is 0 Å². The zero-order valence-electron chi connectivity index (χ0n) is 21.1. The average Bonchev–Trinajstić information content (AvgIpc) is 3.50. The topological polar surface area (TPSA) is 86.1 Å². The van der Waals surface area contributed by atoms with Crippen molar-refractivity contribution in [3.63, 3.8) is 0 Å². The molecule has 7 nitrogen and oxygen atoms in total. The number of nitrogens with one attached hydrogen (secondary N) is 1. The van der Waals surface area contributed by atoms with Crippen molar-refractivity contribution in [1.29, 1.82) is 0 Å². The van der Waals surface area contributed by atoms with E-state index >= 15 is 0 Å². The van der Waals surface area contributed by atoms with Gasteiger partial charge in [0, 0.05) is 26.7 Å². The smallest absolute Gasteiger partial charge is 0.341 e. The number of nitrogens with zero attached hydrogens (tertiary/aromatic N) is 3. The van der Waals surface area contributed by atoms with Crippen molar-refractivity contribution in [3.8, 4) is 11.4 Å². The van der Waals surface area contributed by atoms with E-state index in [9.17, 15) is 9.59 Å². The summed E-state index contributed by atoms with van der Waals surface area (Å²) in [6.07, 6.45) is 3.74. The molecule has 0 spiro atoms. The predicted molar refractivity (Wildman–Crippen MR) is 144 cm³/mol. The van der Waals surface area contributed by atoms with E-state index in [2.05, 4.69) is 60.1 Å². The van der Waals surface area contributed by atoms with E-state index in [-0.39, 0.29) is 23.7 Å². The van der Waals surface area contributed by atoms with Gasteiger partial charge in [-0.25, -0.2) is 4.79 Å². The minimum atomic E-state index is -0.387. The molecule has 0 aliphatic heterocycles. The van der Waals surface area contributed by atoms with Gasteiger partial charge >= 0.3 is 5.97 Å². The third-order valence-electron chi connectivity index (χ3n) is 6.37. The van der Waals surface area contributed by atoms with Crippen LogP contribution in [0.1, 0.15) is 71.4 Å². The first-order valence-corrected chi connectivity index (χ1v) is 14.6. The highest BCUT2D eigenvalue weighted by molar-refractivity contribution is 7.99. The number of rotatable bonds is 8. The lowest BCUT2D eigenvalue weighted by molar-refractivity contribution is -0.113. The van der Waals surface area contributed by atoms with Crippen LogP contribution >= 0.6 is 34.4 Å². The van der Waals surface area contributed by atoms with Gasteiger partial charge in [0.15, 0.2) is 11.0 Å². The number of anilines is 1. The Kier molecular flexibility index (Phi) is 8.02. The highest BCUT2D eigenvalue weighted by Crippen LogP contribution is 2.40. The van der Waals surface area contributed by atoms with Gasteiger partial charge in [0.25, 0.3) is 0 Å². The Morgan fingerprint density at radius 3 is 2.80 bits per heavy atom. The van der Waals surface area contributed by atoms with Crippen LogP contribution in [0.3, 0.4) is 0 Å².